The van der Waals surface area contributed by atoms with Crippen LogP contribution in [0.3, 0.4) is 0 Å². The highest BCUT2D eigenvalue weighted by Crippen LogP contribution is 2.37. The summed E-state index contributed by atoms with van der Waals surface area (Å²) in [6, 6.07) is 25.2. The predicted octanol–water partition coefficient (Wildman–Crippen LogP) is 6.60. The van der Waals surface area contributed by atoms with Crippen molar-refractivity contribution in [2.24, 2.45) is 0 Å². The molecular weight excluding hydrogens is 404 g/mol. The van der Waals surface area contributed by atoms with Crippen LogP contribution in [-0.4, -0.2) is 11.8 Å². The lowest BCUT2D eigenvalue weighted by molar-refractivity contribution is -0.116. The van der Waals surface area contributed by atoms with Crippen molar-refractivity contribution in [1.29, 1.82) is 0 Å². The number of benzene rings is 3. The Balaban J connectivity index is 1.79. The molecule has 0 aliphatic rings. The monoisotopic (exact) mass is 432 g/mol. The summed E-state index contributed by atoms with van der Waals surface area (Å²) >= 11 is 1.47. The van der Waals surface area contributed by atoms with Crippen molar-refractivity contribution in [3.05, 3.63) is 90.0 Å². The second-order valence-corrected chi connectivity index (χ2v) is 8.57. The van der Waals surface area contributed by atoms with Crippen molar-refractivity contribution in [2.75, 3.05) is 10.6 Å². The number of para-hydroxylation sites is 1. The Morgan fingerprint density at radius 1 is 0.903 bits per heavy atom. The molecule has 3 aromatic carbocycles. The second-order valence-electron chi connectivity index (χ2n) is 7.39. The molecule has 2 amide bonds. The van der Waals surface area contributed by atoms with Gasteiger partial charge in [0.25, 0.3) is 0 Å². The van der Waals surface area contributed by atoms with Crippen LogP contribution in [-0.2, 0) is 9.59 Å². The highest BCUT2D eigenvalue weighted by molar-refractivity contribution is 8.00. The molecular formula is C26H28N2O2S. The number of rotatable bonds is 9. The molecule has 0 heterocycles. The minimum Gasteiger partial charge on any atom is -0.326 e. The van der Waals surface area contributed by atoms with Gasteiger partial charge in [-0.2, -0.15) is 0 Å². The number of unbranched alkanes of at least 4 members (excludes halogenated alkanes) is 1. The summed E-state index contributed by atoms with van der Waals surface area (Å²) in [5.74, 6) is -0.0659. The smallest absolute Gasteiger partial charge is 0.242 e. The topological polar surface area (TPSA) is 58.2 Å². The first-order valence-corrected chi connectivity index (χ1v) is 11.4. The Hall–Kier alpha value is -3.05. The molecule has 2 N–H and O–H groups in total. The summed E-state index contributed by atoms with van der Waals surface area (Å²) < 4.78 is 0. The first-order chi connectivity index (χ1) is 15.1. The fourth-order valence-electron chi connectivity index (χ4n) is 3.16. The van der Waals surface area contributed by atoms with Gasteiger partial charge in [0.05, 0.1) is 0 Å². The van der Waals surface area contributed by atoms with E-state index in [0.29, 0.717) is 6.42 Å². The fourth-order valence-corrected chi connectivity index (χ4v) is 4.24. The number of hydrogen-bond donors (Lipinski definition) is 2. The third-order valence-corrected chi connectivity index (χ3v) is 6.12. The molecule has 4 nitrogen and oxygen atoms in total. The van der Waals surface area contributed by atoms with E-state index in [-0.39, 0.29) is 11.8 Å². The molecule has 5 heteroatoms. The summed E-state index contributed by atoms with van der Waals surface area (Å²) in [6.45, 7) is 4.04. The molecule has 0 bridgehead atoms. The zero-order valence-electron chi connectivity index (χ0n) is 17.9. The third-order valence-electron chi connectivity index (χ3n) is 4.87. The number of carbonyl (C=O) groups is 2. The van der Waals surface area contributed by atoms with Crippen LogP contribution in [0.5, 0.6) is 0 Å². The van der Waals surface area contributed by atoms with Gasteiger partial charge in [-0.3, -0.25) is 9.59 Å². The van der Waals surface area contributed by atoms with Crippen molar-refractivity contribution in [3.63, 3.8) is 0 Å². The average molecular weight is 433 g/mol. The van der Waals surface area contributed by atoms with E-state index < -0.39 is 5.25 Å². The number of anilines is 2. The molecule has 0 radical (unpaired) electrons. The lowest BCUT2D eigenvalue weighted by Gasteiger charge is -2.18. The second kappa shape index (κ2) is 11.4. The van der Waals surface area contributed by atoms with Crippen molar-refractivity contribution in [2.45, 2.75) is 43.3 Å². The number of nitrogens with one attached hydrogen (secondary N) is 2. The van der Waals surface area contributed by atoms with Gasteiger partial charge in [-0.25, -0.2) is 0 Å². The third kappa shape index (κ3) is 6.72. The van der Waals surface area contributed by atoms with Crippen LogP contribution >= 0.6 is 11.8 Å². The molecule has 31 heavy (non-hydrogen) atoms. The van der Waals surface area contributed by atoms with Crippen LogP contribution in [0, 0.1) is 6.92 Å². The van der Waals surface area contributed by atoms with E-state index in [1.54, 1.807) is 0 Å². The minimum atomic E-state index is -0.424. The van der Waals surface area contributed by atoms with Crippen LogP contribution in [0.1, 0.15) is 42.6 Å². The van der Waals surface area contributed by atoms with Gasteiger partial charge in [-0.05, 0) is 48.7 Å². The van der Waals surface area contributed by atoms with Gasteiger partial charge in [0.1, 0.15) is 5.25 Å². The number of amides is 2. The summed E-state index contributed by atoms with van der Waals surface area (Å²) in [4.78, 5) is 26.3. The van der Waals surface area contributed by atoms with Crippen molar-refractivity contribution in [1.82, 2.24) is 0 Å². The number of carbonyl (C=O) groups excluding carboxylic acids is 2. The summed E-state index contributed by atoms with van der Waals surface area (Å²) in [6.07, 6.45) is 2.37. The van der Waals surface area contributed by atoms with Crippen LogP contribution in [0.25, 0.3) is 0 Å². The molecule has 0 spiro atoms. The van der Waals surface area contributed by atoms with Crippen molar-refractivity contribution in [3.8, 4) is 0 Å². The molecule has 3 rings (SSSR count). The Bertz CT molecular complexity index is 1020. The molecule has 0 aliphatic heterocycles. The first kappa shape index (κ1) is 22.6. The molecule has 160 valence electrons. The van der Waals surface area contributed by atoms with Gasteiger partial charge in [-0.1, -0.05) is 67.9 Å². The van der Waals surface area contributed by atoms with Gasteiger partial charge in [0.15, 0.2) is 0 Å². The van der Waals surface area contributed by atoms with Gasteiger partial charge in [0, 0.05) is 22.7 Å². The van der Waals surface area contributed by atoms with E-state index in [2.05, 4.69) is 17.6 Å². The highest BCUT2D eigenvalue weighted by atomic mass is 32.2. The maximum absolute atomic E-state index is 13.2. The van der Waals surface area contributed by atoms with Crippen LogP contribution in [0.4, 0.5) is 11.4 Å². The average Bonchev–Trinajstić information content (AvgIpc) is 2.78. The Labute approximate surface area is 188 Å². The zero-order chi connectivity index (χ0) is 22.1. The highest BCUT2D eigenvalue weighted by Gasteiger charge is 2.22. The van der Waals surface area contributed by atoms with E-state index in [1.165, 1.54) is 11.8 Å². The summed E-state index contributed by atoms with van der Waals surface area (Å²) in [7, 11) is 0. The number of thioether (sulfide) groups is 1. The van der Waals surface area contributed by atoms with Gasteiger partial charge in [-0.15, -0.1) is 11.8 Å². The van der Waals surface area contributed by atoms with Gasteiger partial charge in [0.2, 0.25) is 11.8 Å². The molecule has 0 saturated carbocycles. The number of hydrogen-bond acceptors (Lipinski definition) is 3. The van der Waals surface area contributed by atoms with E-state index in [0.717, 1.165) is 40.2 Å². The van der Waals surface area contributed by atoms with Crippen LogP contribution < -0.4 is 10.6 Å². The quantitative estimate of drug-likeness (QED) is 0.375. The van der Waals surface area contributed by atoms with Crippen LogP contribution in [0.2, 0.25) is 0 Å². The zero-order valence-corrected chi connectivity index (χ0v) is 18.7. The Morgan fingerprint density at radius 3 is 2.39 bits per heavy atom. The predicted molar refractivity (Wildman–Crippen MR) is 129 cm³/mol. The van der Waals surface area contributed by atoms with Crippen molar-refractivity contribution >= 4 is 35.0 Å². The van der Waals surface area contributed by atoms with Gasteiger partial charge >= 0.3 is 0 Å². The standard InChI is InChI=1S/C26H28N2O2S/c1-3-4-17-24(29)27-21-14-10-15-22(18-21)31-25(20-12-6-5-7-13-20)26(30)28-23-16-9-8-11-19(23)2/h5-16,18,25H,3-4,17H2,1-2H3,(H,27,29)(H,28,30). The largest absolute Gasteiger partial charge is 0.326 e. The molecule has 0 aliphatic carbocycles. The maximum Gasteiger partial charge on any atom is 0.242 e. The minimum absolute atomic E-state index is 0.0147. The number of aryl methyl sites for hydroxylation is 1. The summed E-state index contributed by atoms with van der Waals surface area (Å²) in [5.41, 5.74) is 3.50. The van der Waals surface area contributed by atoms with Crippen molar-refractivity contribution < 1.29 is 9.59 Å². The van der Waals surface area contributed by atoms with E-state index >= 15 is 0 Å². The van der Waals surface area contributed by atoms with E-state index in [4.69, 9.17) is 0 Å². The molecule has 1 atom stereocenters. The van der Waals surface area contributed by atoms with E-state index in [9.17, 15) is 9.59 Å². The molecule has 1 unspecified atom stereocenters. The van der Waals surface area contributed by atoms with E-state index in [1.807, 2.05) is 85.8 Å². The first-order valence-electron chi connectivity index (χ1n) is 10.5. The summed E-state index contributed by atoms with van der Waals surface area (Å²) in [5, 5.41) is 5.60. The lowest BCUT2D eigenvalue weighted by Crippen LogP contribution is -2.19. The molecule has 0 saturated heterocycles. The molecule has 3 aromatic rings. The lowest BCUT2D eigenvalue weighted by atomic mass is 10.1. The van der Waals surface area contributed by atoms with Crippen LogP contribution in [0.15, 0.2) is 83.8 Å². The SMILES string of the molecule is CCCCC(=O)Nc1cccc(SC(C(=O)Nc2ccccc2C)c2ccccc2)c1. The Morgan fingerprint density at radius 2 is 1.65 bits per heavy atom. The maximum atomic E-state index is 13.2. The molecule has 0 fully saturated rings. The van der Waals surface area contributed by atoms with Gasteiger partial charge < -0.3 is 10.6 Å². The normalized spacial score (nSPS) is 11.5. The fraction of sp³-hybridized carbons (Fsp3) is 0.231. The Kier molecular flexibility index (Phi) is 8.30. The molecule has 0 aromatic heterocycles.